The van der Waals surface area contributed by atoms with E-state index in [1.807, 2.05) is 49.4 Å². The topological polar surface area (TPSA) is 78.5 Å². The van der Waals surface area contributed by atoms with Gasteiger partial charge in [0.2, 0.25) is 11.8 Å². The third kappa shape index (κ3) is 4.78. The van der Waals surface area contributed by atoms with Crippen molar-refractivity contribution in [3.63, 3.8) is 0 Å². The van der Waals surface area contributed by atoms with Crippen molar-refractivity contribution in [3.05, 3.63) is 84.4 Å². The van der Waals surface area contributed by atoms with Crippen LogP contribution >= 0.6 is 11.8 Å². The molecule has 1 unspecified atom stereocenters. The van der Waals surface area contributed by atoms with Crippen LogP contribution in [0.25, 0.3) is 0 Å². The summed E-state index contributed by atoms with van der Waals surface area (Å²) in [6.07, 6.45) is 0.143. The number of hydrogen-bond donors (Lipinski definition) is 2. The molecule has 4 rings (SSSR count). The Balaban J connectivity index is 1.43. The number of urea groups is 1. The zero-order valence-corrected chi connectivity index (χ0v) is 17.7. The van der Waals surface area contributed by atoms with Gasteiger partial charge >= 0.3 is 6.03 Å². The van der Waals surface area contributed by atoms with Gasteiger partial charge in [0.1, 0.15) is 0 Å². The van der Waals surface area contributed by atoms with E-state index in [4.69, 9.17) is 0 Å². The lowest BCUT2D eigenvalue weighted by Gasteiger charge is -2.17. The summed E-state index contributed by atoms with van der Waals surface area (Å²) in [5, 5.41) is 5.06. The molecule has 0 radical (unpaired) electrons. The molecule has 1 aliphatic rings. The van der Waals surface area contributed by atoms with Gasteiger partial charge in [-0.3, -0.25) is 9.59 Å². The number of rotatable bonds is 5. The summed E-state index contributed by atoms with van der Waals surface area (Å²) in [5.74, 6) is -0.419. The minimum Gasteiger partial charge on any atom is -0.308 e. The van der Waals surface area contributed by atoms with Crippen LogP contribution in [0.15, 0.2) is 83.8 Å². The molecule has 0 aromatic heterocycles. The monoisotopic (exact) mass is 431 g/mol. The van der Waals surface area contributed by atoms with Crippen molar-refractivity contribution < 1.29 is 14.4 Å². The summed E-state index contributed by atoms with van der Waals surface area (Å²) in [6, 6.07) is 23.4. The lowest BCUT2D eigenvalue weighted by molar-refractivity contribution is -0.121. The lowest BCUT2D eigenvalue weighted by atomic mass is 10.2. The summed E-state index contributed by atoms with van der Waals surface area (Å²) < 4.78 is 0. The Morgan fingerprint density at radius 3 is 2.35 bits per heavy atom. The molecule has 4 amide bonds. The Morgan fingerprint density at radius 2 is 1.58 bits per heavy atom. The highest BCUT2D eigenvalue weighted by atomic mass is 32.2. The molecule has 1 atom stereocenters. The number of anilines is 3. The van der Waals surface area contributed by atoms with Crippen molar-refractivity contribution in [1.29, 1.82) is 0 Å². The first kappa shape index (κ1) is 20.7. The number of nitrogens with zero attached hydrogens (tertiary/aromatic N) is 1. The molecule has 1 fully saturated rings. The van der Waals surface area contributed by atoms with Crippen molar-refractivity contribution in [3.8, 4) is 0 Å². The summed E-state index contributed by atoms with van der Waals surface area (Å²) in [6.45, 7) is 1.88. The molecule has 1 saturated heterocycles. The fourth-order valence-electron chi connectivity index (χ4n) is 3.39. The molecular formula is C24H21N3O3S. The van der Waals surface area contributed by atoms with Gasteiger partial charge in [0.15, 0.2) is 0 Å². The fourth-order valence-corrected chi connectivity index (χ4v) is 4.50. The summed E-state index contributed by atoms with van der Waals surface area (Å²) in [5.41, 5.74) is 2.81. The van der Waals surface area contributed by atoms with Gasteiger partial charge in [-0.1, -0.05) is 42.5 Å². The second kappa shape index (κ2) is 9.06. The van der Waals surface area contributed by atoms with E-state index >= 15 is 0 Å². The standard InChI is InChI=1S/C24H21N3O3S/c1-16-8-5-6-13-20(16)27-22(28)15-21(23(27)29)31-19-12-7-11-18(14-19)26-24(30)25-17-9-3-2-4-10-17/h2-14,21H,15H2,1H3,(H2,25,26,30). The highest BCUT2D eigenvalue weighted by Crippen LogP contribution is 2.35. The van der Waals surface area contributed by atoms with Gasteiger partial charge in [0.05, 0.1) is 10.9 Å². The SMILES string of the molecule is Cc1ccccc1N1C(=O)CC(Sc2cccc(NC(=O)Nc3ccccc3)c2)C1=O. The van der Waals surface area contributed by atoms with Crippen LogP contribution in [0.4, 0.5) is 21.9 Å². The minimum atomic E-state index is -0.500. The molecule has 2 N–H and O–H groups in total. The largest absolute Gasteiger partial charge is 0.323 e. The van der Waals surface area contributed by atoms with Crippen molar-refractivity contribution in [2.24, 2.45) is 0 Å². The van der Waals surface area contributed by atoms with Gasteiger partial charge in [-0.05, 0) is 48.9 Å². The van der Waals surface area contributed by atoms with Crippen molar-refractivity contribution in [2.45, 2.75) is 23.5 Å². The zero-order valence-electron chi connectivity index (χ0n) is 16.9. The normalized spacial score (nSPS) is 15.8. The Morgan fingerprint density at radius 1 is 0.903 bits per heavy atom. The van der Waals surface area contributed by atoms with Gasteiger partial charge in [0.25, 0.3) is 0 Å². The Hall–Kier alpha value is -3.58. The third-order valence-corrected chi connectivity index (χ3v) is 6.04. The number of hydrogen-bond acceptors (Lipinski definition) is 4. The molecule has 156 valence electrons. The minimum absolute atomic E-state index is 0.143. The van der Waals surface area contributed by atoms with Gasteiger partial charge < -0.3 is 10.6 Å². The maximum Gasteiger partial charge on any atom is 0.323 e. The number of benzene rings is 3. The summed E-state index contributed by atoms with van der Waals surface area (Å²) in [4.78, 5) is 39.8. The number of carbonyl (C=O) groups is 3. The smallest absolute Gasteiger partial charge is 0.308 e. The number of carbonyl (C=O) groups excluding carboxylic acids is 3. The molecule has 7 heteroatoms. The maximum absolute atomic E-state index is 12.9. The average Bonchev–Trinajstić information content (AvgIpc) is 3.02. The van der Waals surface area contributed by atoms with Crippen LogP contribution in [0.3, 0.4) is 0 Å². The summed E-state index contributed by atoms with van der Waals surface area (Å²) in [7, 11) is 0. The third-order valence-electron chi connectivity index (χ3n) is 4.86. The van der Waals surface area contributed by atoms with Crippen molar-refractivity contribution in [1.82, 2.24) is 0 Å². The van der Waals surface area contributed by atoms with E-state index in [-0.39, 0.29) is 24.3 Å². The average molecular weight is 432 g/mol. The second-order valence-electron chi connectivity index (χ2n) is 7.14. The van der Waals surface area contributed by atoms with Crippen molar-refractivity contribution >= 4 is 46.7 Å². The second-order valence-corrected chi connectivity index (χ2v) is 8.41. The van der Waals surface area contributed by atoms with E-state index in [9.17, 15) is 14.4 Å². The molecule has 3 aromatic carbocycles. The van der Waals surface area contributed by atoms with E-state index < -0.39 is 5.25 Å². The van der Waals surface area contributed by atoms with E-state index in [1.165, 1.54) is 16.7 Å². The molecule has 31 heavy (non-hydrogen) atoms. The van der Waals surface area contributed by atoms with E-state index in [2.05, 4.69) is 10.6 Å². The fraction of sp³-hybridized carbons (Fsp3) is 0.125. The van der Waals surface area contributed by atoms with Crippen LogP contribution < -0.4 is 15.5 Å². The molecule has 0 spiro atoms. The van der Waals surface area contributed by atoms with E-state index in [0.717, 1.165) is 10.5 Å². The number of para-hydroxylation sites is 2. The zero-order chi connectivity index (χ0) is 21.8. The number of amides is 4. The molecule has 0 saturated carbocycles. The first-order valence-electron chi connectivity index (χ1n) is 9.83. The lowest BCUT2D eigenvalue weighted by Crippen LogP contribution is -2.31. The molecule has 1 aliphatic heterocycles. The van der Waals surface area contributed by atoms with Crippen molar-refractivity contribution in [2.75, 3.05) is 15.5 Å². The molecule has 0 bridgehead atoms. The highest BCUT2D eigenvalue weighted by Gasteiger charge is 2.40. The number of imide groups is 1. The highest BCUT2D eigenvalue weighted by molar-refractivity contribution is 8.00. The Kier molecular flexibility index (Phi) is 6.04. The van der Waals surface area contributed by atoms with E-state index in [1.54, 1.807) is 36.4 Å². The first-order chi connectivity index (χ1) is 15.0. The van der Waals surface area contributed by atoms with Crippen LogP contribution in [-0.2, 0) is 9.59 Å². The summed E-state index contributed by atoms with van der Waals surface area (Å²) >= 11 is 1.33. The maximum atomic E-state index is 12.9. The Bertz CT molecular complexity index is 1130. The van der Waals surface area contributed by atoms with Gasteiger partial charge in [0, 0.05) is 22.7 Å². The molecule has 3 aromatic rings. The Labute approximate surface area is 184 Å². The van der Waals surface area contributed by atoms with Crippen LogP contribution in [0.2, 0.25) is 0 Å². The quantitative estimate of drug-likeness (QED) is 0.553. The molecule has 6 nitrogen and oxygen atoms in total. The first-order valence-corrected chi connectivity index (χ1v) is 10.7. The van der Waals surface area contributed by atoms with Crippen LogP contribution in [-0.4, -0.2) is 23.1 Å². The molecule has 0 aliphatic carbocycles. The van der Waals surface area contributed by atoms with Gasteiger partial charge in [-0.15, -0.1) is 11.8 Å². The van der Waals surface area contributed by atoms with Gasteiger partial charge in [-0.2, -0.15) is 0 Å². The number of thioether (sulfide) groups is 1. The molecule has 1 heterocycles. The van der Waals surface area contributed by atoms with E-state index in [0.29, 0.717) is 17.1 Å². The molecular weight excluding hydrogens is 410 g/mol. The number of aryl methyl sites for hydroxylation is 1. The predicted octanol–water partition coefficient (Wildman–Crippen LogP) is 5.06. The van der Waals surface area contributed by atoms with Crippen LogP contribution in [0, 0.1) is 6.92 Å². The van der Waals surface area contributed by atoms with Crippen LogP contribution in [0.1, 0.15) is 12.0 Å². The number of nitrogens with one attached hydrogen (secondary N) is 2. The van der Waals surface area contributed by atoms with Crippen LogP contribution in [0.5, 0.6) is 0 Å². The van der Waals surface area contributed by atoms with Gasteiger partial charge in [-0.25, -0.2) is 9.69 Å². The predicted molar refractivity (Wildman–Crippen MR) is 123 cm³/mol.